The first-order chi connectivity index (χ1) is 15.8. The molecule has 0 saturated carbocycles. The fourth-order valence-corrected chi connectivity index (χ4v) is 4.21. The second-order valence-electron chi connectivity index (χ2n) is 8.76. The topological polar surface area (TPSA) is 80.1 Å². The molecular formula is C25H28FN5O2. The first kappa shape index (κ1) is 22.6. The second-order valence-corrected chi connectivity index (χ2v) is 8.76. The number of aryl methyl sites for hydroxylation is 1. The van der Waals surface area contributed by atoms with Gasteiger partial charge in [-0.25, -0.2) is 14.1 Å². The molecule has 33 heavy (non-hydrogen) atoms. The van der Waals surface area contributed by atoms with Gasteiger partial charge in [0.05, 0.1) is 23.1 Å². The summed E-state index contributed by atoms with van der Waals surface area (Å²) in [6.07, 6.45) is 4.44. The number of piperidine rings is 1. The minimum Gasteiger partial charge on any atom is -0.338 e. The van der Waals surface area contributed by atoms with E-state index < -0.39 is 0 Å². The Morgan fingerprint density at radius 3 is 2.45 bits per heavy atom. The number of hydrogen-bond acceptors (Lipinski definition) is 4. The minimum absolute atomic E-state index is 0.0432. The number of aromatic nitrogens is 3. The lowest BCUT2D eigenvalue weighted by molar-refractivity contribution is -0.121. The Kier molecular flexibility index (Phi) is 6.53. The molecule has 1 aliphatic rings. The number of halogens is 1. The Bertz CT molecular complexity index is 1150. The fourth-order valence-electron chi connectivity index (χ4n) is 4.21. The van der Waals surface area contributed by atoms with Crippen molar-refractivity contribution >= 4 is 17.6 Å². The summed E-state index contributed by atoms with van der Waals surface area (Å²) < 4.78 is 15.0. The molecule has 172 valence electrons. The van der Waals surface area contributed by atoms with E-state index in [-0.39, 0.29) is 29.5 Å². The van der Waals surface area contributed by atoms with Crippen LogP contribution in [0.3, 0.4) is 0 Å². The quantitative estimate of drug-likeness (QED) is 0.629. The van der Waals surface area contributed by atoms with E-state index in [1.165, 1.54) is 12.1 Å². The summed E-state index contributed by atoms with van der Waals surface area (Å²) in [6, 6.07) is 9.77. The van der Waals surface area contributed by atoms with Crippen molar-refractivity contribution in [3.63, 3.8) is 0 Å². The van der Waals surface area contributed by atoms with Crippen LogP contribution in [0.2, 0.25) is 0 Å². The first-order valence-corrected chi connectivity index (χ1v) is 11.2. The lowest BCUT2D eigenvalue weighted by Crippen LogP contribution is -2.41. The molecule has 1 saturated heterocycles. The third kappa shape index (κ3) is 4.94. The third-order valence-electron chi connectivity index (χ3n) is 5.97. The number of anilines is 1. The van der Waals surface area contributed by atoms with E-state index in [1.54, 1.807) is 34.1 Å². The summed E-state index contributed by atoms with van der Waals surface area (Å²) >= 11 is 0. The molecule has 0 aliphatic carbocycles. The van der Waals surface area contributed by atoms with E-state index in [0.29, 0.717) is 43.0 Å². The third-order valence-corrected chi connectivity index (χ3v) is 5.97. The summed E-state index contributed by atoms with van der Waals surface area (Å²) in [6.45, 7) is 6.95. The van der Waals surface area contributed by atoms with Gasteiger partial charge in [0.15, 0.2) is 0 Å². The Morgan fingerprint density at radius 1 is 1.12 bits per heavy atom. The van der Waals surface area contributed by atoms with Gasteiger partial charge in [0.1, 0.15) is 11.6 Å². The van der Waals surface area contributed by atoms with Crippen molar-refractivity contribution in [2.45, 2.75) is 39.5 Å². The number of likely N-dealkylation sites (tertiary alicyclic amines) is 1. The normalized spacial score (nSPS) is 14.5. The molecule has 2 aromatic heterocycles. The number of nitrogens with zero attached hydrogens (tertiary/aromatic N) is 4. The Labute approximate surface area is 192 Å². The molecule has 2 amide bonds. The van der Waals surface area contributed by atoms with E-state index >= 15 is 0 Å². The van der Waals surface area contributed by atoms with Gasteiger partial charge in [0.2, 0.25) is 5.91 Å². The molecule has 8 heteroatoms. The molecule has 3 aromatic rings. The molecule has 0 unspecified atom stereocenters. The second kappa shape index (κ2) is 9.52. The number of pyridine rings is 1. The van der Waals surface area contributed by atoms with Crippen molar-refractivity contribution in [2.24, 2.45) is 5.92 Å². The van der Waals surface area contributed by atoms with Crippen LogP contribution in [0.1, 0.15) is 54.2 Å². The van der Waals surface area contributed by atoms with Gasteiger partial charge < -0.3 is 10.2 Å². The molecular weight excluding hydrogens is 421 g/mol. The number of hydrogen-bond donors (Lipinski definition) is 1. The number of rotatable bonds is 5. The van der Waals surface area contributed by atoms with E-state index in [1.807, 2.05) is 32.9 Å². The van der Waals surface area contributed by atoms with Gasteiger partial charge in [-0.3, -0.25) is 9.59 Å². The van der Waals surface area contributed by atoms with Gasteiger partial charge in [-0.2, -0.15) is 5.10 Å². The van der Waals surface area contributed by atoms with Crippen LogP contribution in [0.25, 0.3) is 5.69 Å². The van der Waals surface area contributed by atoms with Gasteiger partial charge >= 0.3 is 0 Å². The lowest BCUT2D eigenvalue weighted by Gasteiger charge is -2.31. The number of benzene rings is 1. The van der Waals surface area contributed by atoms with Crippen molar-refractivity contribution in [1.82, 2.24) is 19.7 Å². The average Bonchev–Trinajstić information content (AvgIpc) is 3.25. The molecule has 1 aliphatic heterocycles. The molecule has 1 N–H and O–H groups in total. The van der Waals surface area contributed by atoms with Gasteiger partial charge in [0.25, 0.3) is 5.91 Å². The molecule has 0 radical (unpaired) electrons. The SMILES string of the molecule is Cc1ccnc(NC(=O)C2CCN(C(=O)c3cnn(-c4ccc(F)cc4)c3C(C)C)CC2)c1. The van der Waals surface area contributed by atoms with Gasteiger partial charge in [-0.1, -0.05) is 13.8 Å². The minimum atomic E-state index is -0.321. The van der Waals surface area contributed by atoms with Crippen molar-refractivity contribution < 1.29 is 14.0 Å². The summed E-state index contributed by atoms with van der Waals surface area (Å²) in [5.74, 6) is -0.0466. The smallest absolute Gasteiger partial charge is 0.257 e. The summed E-state index contributed by atoms with van der Waals surface area (Å²) in [4.78, 5) is 32.0. The highest BCUT2D eigenvalue weighted by atomic mass is 19.1. The van der Waals surface area contributed by atoms with Gasteiger partial charge in [-0.05, 0) is 67.6 Å². The zero-order valence-corrected chi connectivity index (χ0v) is 19.1. The highest BCUT2D eigenvalue weighted by Crippen LogP contribution is 2.27. The predicted molar refractivity (Wildman–Crippen MR) is 124 cm³/mol. The molecule has 3 heterocycles. The van der Waals surface area contributed by atoms with Crippen LogP contribution in [-0.4, -0.2) is 44.6 Å². The van der Waals surface area contributed by atoms with Crippen molar-refractivity contribution in [2.75, 3.05) is 18.4 Å². The highest BCUT2D eigenvalue weighted by molar-refractivity contribution is 5.96. The van der Waals surface area contributed by atoms with Crippen molar-refractivity contribution in [3.05, 3.63) is 71.4 Å². The van der Waals surface area contributed by atoms with Crippen LogP contribution >= 0.6 is 0 Å². The Hall–Kier alpha value is -3.55. The molecule has 0 bridgehead atoms. The van der Waals surface area contributed by atoms with E-state index in [9.17, 15) is 14.0 Å². The Morgan fingerprint density at radius 2 is 1.82 bits per heavy atom. The number of carbonyl (C=O) groups is 2. The lowest BCUT2D eigenvalue weighted by atomic mass is 9.95. The summed E-state index contributed by atoms with van der Waals surface area (Å²) in [5, 5.41) is 7.31. The highest BCUT2D eigenvalue weighted by Gasteiger charge is 2.30. The number of amides is 2. The summed E-state index contributed by atoms with van der Waals surface area (Å²) in [5.41, 5.74) is 3.07. The van der Waals surface area contributed by atoms with E-state index in [4.69, 9.17) is 0 Å². The van der Waals surface area contributed by atoms with Crippen LogP contribution in [0.4, 0.5) is 10.2 Å². The monoisotopic (exact) mass is 449 g/mol. The molecule has 7 nitrogen and oxygen atoms in total. The van der Waals surface area contributed by atoms with Gasteiger partial charge in [0, 0.05) is 25.2 Å². The molecule has 4 rings (SSSR count). The zero-order valence-electron chi connectivity index (χ0n) is 19.1. The van der Waals surface area contributed by atoms with Crippen LogP contribution in [0.5, 0.6) is 0 Å². The predicted octanol–water partition coefficient (Wildman–Crippen LogP) is 4.33. The molecule has 1 fully saturated rings. The van der Waals surface area contributed by atoms with Crippen molar-refractivity contribution in [1.29, 1.82) is 0 Å². The Balaban J connectivity index is 1.44. The largest absolute Gasteiger partial charge is 0.338 e. The van der Waals surface area contributed by atoms with Crippen molar-refractivity contribution in [3.8, 4) is 5.69 Å². The fraction of sp³-hybridized carbons (Fsp3) is 0.360. The van der Waals surface area contributed by atoms with Crippen LogP contribution in [-0.2, 0) is 4.79 Å². The maximum absolute atomic E-state index is 13.3. The zero-order chi connectivity index (χ0) is 23.5. The molecule has 1 aromatic carbocycles. The van der Waals surface area contributed by atoms with Crippen LogP contribution in [0.15, 0.2) is 48.8 Å². The summed E-state index contributed by atoms with van der Waals surface area (Å²) in [7, 11) is 0. The average molecular weight is 450 g/mol. The van der Waals surface area contributed by atoms with E-state index in [2.05, 4.69) is 15.4 Å². The molecule has 0 atom stereocenters. The van der Waals surface area contributed by atoms with Crippen LogP contribution < -0.4 is 5.32 Å². The standard InChI is InChI=1S/C25H28FN5O2/c1-16(2)23-21(15-28-31(23)20-6-4-19(26)5-7-20)25(33)30-12-9-18(10-13-30)24(32)29-22-14-17(3)8-11-27-22/h4-8,11,14-16,18H,9-10,12-13H2,1-3H3,(H,27,29,32). The first-order valence-electron chi connectivity index (χ1n) is 11.2. The van der Waals surface area contributed by atoms with Gasteiger partial charge in [-0.15, -0.1) is 0 Å². The van der Waals surface area contributed by atoms with E-state index in [0.717, 1.165) is 11.3 Å². The number of carbonyl (C=O) groups excluding carboxylic acids is 2. The number of nitrogens with one attached hydrogen (secondary N) is 1. The maximum atomic E-state index is 13.3. The van der Waals surface area contributed by atoms with Crippen LogP contribution in [0, 0.1) is 18.7 Å². The molecule has 0 spiro atoms. The maximum Gasteiger partial charge on any atom is 0.257 e.